The van der Waals surface area contributed by atoms with Crippen LogP contribution in [0.4, 0.5) is 10.5 Å². The number of nitrogens with zero attached hydrogens (tertiary/aromatic N) is 1. The highest BCUT2D eigenvalue weighted by molar-refractivity contribution is 5.92. The lowest BCUT2D eigenvalue weighted by Gasteiger charge is -2.19. The molecule has 2 aromatic rings. The van der Waals surface area contributed by atoms with Crippen LogP contribution >= 0.6 is 0 Å². The summed E-state index contributed by atoms with van der Waals surface area (Å²) in [4.78, 5) is 22.6. The molecule has 18 heavy (non-hydrogen) atoms. The smallest absolute Gasteiger partial charge is 0.319 e. The minimum atomic E-state index is -0.194. The molecule has 0 fully saturated rings. The maximum absolute atomic E-state index is 11.4. The van der Waals surface area contributed by atoms with Crippen molar-refractivity contribution in [2.75, 3.05) is 5.32 Å². The van der Waals surface area contributed by atoms with Gasteiger partial charge in [0.2, 0.25) is 0 Å². The fourth-order valence-electron chi connectivity index (χ4n) is 1.96. The topological polar surface area (TPSA) is 78.9 Å². The summed E-state index contributed by atoms with van der Waals surface area (Å²) in [5.41, 5.74) is 3.21. The molecule has 0 saturated carbocycles. The van der Waals surface area contributed by atoms with Crippen molar-refractivity contribution in [1.82, 2.24) is 15.1 Å². The zero-order valence-electron chi connectivity index (χ0n) is 9.78. The van der Waals surface area contributed by atoms with E-state index in [0.29, 0.717) is 12.1 Å². The van der Waals surface area contributed by atoms with Crippen LogP contribution in [0.3, 0.4) is 0 Å². The summed E-state index contributed by atoms with van der Waals surface area (Å²) in [5.74, 6) is 0. The van der Waals surface area contributed by atoms with E-state index in [2.05, 4.69) is 15.7 Å². The number of carbonyl (C=O) groups is 1. The molecule has 0 radical (unpaired) electrons. The van der Waals surface area contributed by atoms with Crippen LogP contribution < -0.4 is 16.2 Å². The summed E-state index contributed by atoms with van der Waals surface area (Å²) >= 11 is 0. The van der Waals surface area contributed by atoms with E-state index >= 15 is 0 Å². The molecule has 3 N–H and O–H groups in total. The second kappa shape index (κ2) is 3.76. The number of H-pyrrole nitrogens is 1. The largest absolute Gasteiger partial charge is 0.334 e. The Hall–Kier alpha value is -2.50. The van der Waals surface area contributed by atoms with E-state index in [1.807, 2.05) is 18.2 Å². The predicted molar refractivity (Wildman–Crippen MR) is 67.0 cm³/mol. The van der Waals surface area contributed by atoms with Crippen LogP contribution in [-0.4, -0.2) is 15.8 Å². The maximum atomic E-state index is 11.4. The molecule has 1 aromatic heterocycles. The molecule has 0 atom stereocenters. The number of carbonyl (C=O) groups excluding carboxylic acids is 1. The SMILES string of the molecule is Cc1cn(-c2ccc3c(c2)CNC(=O)N3)[nH]c1=O. The van der Waals surface area contributed by atoms with Crippen molar-refractivity contribution in [2.45, 2.75) is 13.5 Å². The van der Waals surface area contributed by atoms with Gasteiger partial charge in [0.25, 0.3) is 5.56 Å². The minimum Gasteiger partial charge on any atom is -0.334 e. The lowest BCUT2D eigenvalue weighted by Crippen LogP contribution is -2.33. The molecule has 2 amide bonds. The molecular formula is C12H12N4O2. The van der Waals surface area contributed by atoms with Crippen LogP contribution in [0, 0.1) is 6.92 Å². The Bertz CT molecular complexity index is 684. The minimum absolute atomic E-state index is 0.0980. The molecule has 6 heteroatoms. The third kappa shape index (κ3) is 1.67. The molecule has 0 spiro atoms. The summed E-state index contributed by atoms with van der Waals surface area (Å²) in [6, 6.07) is 5.41. The predicted octanol–water partition coefficient (Wildman–Crippen LogP) is 1.11. The van der Waals surface area contributed by atoms with Crippen molar-refractivity contribution in [3.8, 4) is 5.69 Å². The van der Waals surface area contributed by atoms with Crippen LogP contribution in [0.2, 0.25) is 0 Å². The summed E-state index contributed by atoms with van der Waals surface area (Å²) in [6.07, 6.45) is 1.75. The molecule has 0 aliphatic carbocycles. The standard InChI is InChI=1S/C12H12N4O2/c1-7-6-16(15-11(7)17)9-2-3-10-8(4-9)5-13-12(18)14-10/h2-4,6H,5H2,1H3,(H,15,17)(H2,13,14,18). The number of benzene rings is 1. The summed E-state index contributed by atoms with van der Waals surface area (Å²) in [5, 5.41) is 8.16. The highest BCUT2D eigenvalue weighted by Gasteiger charge is 2.14. The first-order valence-electron chi connectivity index (χ1n) is 5.60. The number of rotatable bonds is 1. The average molecular weight is 244 g/mol. The first kappa shape index (κ1) is 10.6. The molecule has 3 rings (SSSR count). The van der Waals surface area contributed by atoms with Crippen molar-refractivity contribution in [2.24, 2.45) is 0 Å². The Labute approximate surface area is 103 Å². The molecule has 1 aromatic carbocycles. The van der Waals surface area contributed by atoms with E-state index in [0.717, 1.165) is 16.9 Å². The number of hydrogen-bond donors (Lipinski definition) is 3. The molecule has 0 saturated heterocycles. The zero-order valence-corrected chi connectivity index (χ0v) is 9.78. The second-order valence-electron chi connectivity index (χ2n) is 4.27. The summed E-state index contributed by atoms with van der Waals surface area (Å²) in [6.45, 7) is 2.25. The monoisotopic (exact) mass is 244 g/mol. The van der Waals surface area contributed by atoms with Gasteiger partial charge >= 0.3 is 6.03 Å². The van der Waals surface area contributed by atoms with Crippen LogP contribution in [0.25, 0.3) is 5.69 Å². The van der Waals surface area contributed by atoms with Gasteiger partial charge in [-0.1, -0.05) is 0 Å². The Morgan fingerprint density at radius 2 is 2.11 bits per heavy atom. The van der Waals surface area contributed by atoms with Gasteiger partial charge in [0.15, 0.2) is 0 Å². The highest BCUT2D eigenvalue weighted by Crippen LogP contribution is 2.21. The second-order valence-corrected chi connectivity index (χ2v) is 4.27. The number of amides is 2. The van der Waals surface area contributed by atoms with Gasteiger partial charge in [-0.05, 0) is 30.7 Å². The molecule has 92 valence electrons. The fraction of sp³-hybridized carbons (Fsp3) is 0.167. The number of hydrogen-bond acceptors (Lipinski definition) is 2. The van der Waals surface area contributed by atoms with E-state index in [1.165, 1.54) is 0 Å². The van der Waals surface area contributed by atoms with Crippen LogP contribution in [-0.2, 0) is 6.54 Å². The van der Waals surface area contributed by atoms with E-state index in [4.69, 9.17) is 0 Å². The van der Waals surface area contributed by atoms with E-state index in [9.17, 15) is 9.59 Å². The molecule has 1 aliphatic rings. The van der Waals surface area contributed by atoms with Crippen LogP contribution in [0.1, 0.15) is 11.1 Å². The van der Waals surface area contributed by atoms with Gasteiger partial charge in [-0.2, -0.15) is 0 Å². The van der Waals surface area contributed by atoms with Crippen molar-refractivity contribution in [3.05, 3.63) is 45.9 Å². The molecule has 0 unspecified atom stereocenters. The third-order valence-corrected chi connectivity index (χ3v) is 2.96. The maximum Gasteiger partial charge on any atom is 0.319 e. The summed E-state index contributed by atoms with van der Waals surface area (Å²) < 4.78 is 1.67. The Balaban J connectivity index is 2.04. The van der Waals surface area contributed by atoms with Gasteiger partial charge < -0.3 is 10.6 Å². The molecule has 0 bridgehead atoms. The van der Waals surface area contributed by atoms with E-state index in [-0.39, 0.29) is 11.6 Å². The molecular weight excluding hydrogens is 232 g/mol. The van der Waals surface area contributed by atoms with Crippen LogP contribution in [0.15, 0.2) is 29.2 Å². The van der Waals surface area contributed by atoms with E-state index in [1.54, 1.807) is 17.8 Å². The lowest BCUT2D eigenvalue weighted by atomic mass is 10.1. The lowest BCUT2D eigenvalue weighted by molar-refractivity contribution is 0.251. The number of aromatic amines is 1. The van der Waals surface area contributed by atoms with Gasteiger partial charge in [0.1, 0.15) is 0 Å². The Kier molecular flexibility index (Phi) is 2.22. The average Bonchev–Trinajstić information content (AvgIpc) is 2.69. The number of nitrogens with one attached hydrogen (secondary N) is 3. The van der Waals surface area contributed by atoms with E-state index < -0.39 is 0 Å². The number of aromatic nitrogens is 2. The first-order valence-corrected chi connectivity index (χ1v) is 5.60. The third-order valence-electron chi connectivity index (χ3n) is 2.96. The Morgan fingerprint density at radius 1 is 1.28 bits per heavy atom. The van der Waals surface area contributed by atoms with Crippen molar-refractivity contribution in [3.63, 3.8) is 0 Å². The quantitative estimate of drug-likeness (QED) is 0.702. The molecule has 6 nitrogen and oxygen atoms in total. The first-order chi connectivity index (χ1) is 8.63. The van der Waals surface area contributed by atoms with Gasteiger partial charge in [0, 0.05) is 24.0 Å². The van der Waals surface area contributed by atoms with Gasteiger partial charge in [-0.3, -0.25) is 14.6 Å². The summed E-state index contributed by atoms with van der Waals surface area (Å²) in [7, 11) is 0. The van der Waals surface area contributed by atoms with Gasteiger partial charge in [-0.15, -0.1) is 0 Å². The number of aryl methyl sites for hydroxylation is 1. The highest BCUT2D eigenvalue weighted by atomic mass is 16.2. The van der Waals surface area contributed by atoms with Gasteiger partial charge in [0.05, 0.1) is 5.69 Å². The molecule has 2 heterocycles. The van der Waals surface area contributed by atoms with Crippen molar-refractivity contribution >= 4 is 11.7 Å². The number of fused-ring (bicyclic) bond motifs is 1. The normalized spacial score (nSPS) is 13.7. The number of urea groups is 1. The van der Waals surface area contributed by atoms with Crippen molar-refractivity contribution < 1.29 is 4.79 Å². The zero-order chi connectivity index (χ0) is 12.7. The van der Waals surface area contributed by atoms with Gasteiger partial charge in [-0.25, -0.2) is 4.79 Å². The van der Waals surface area contributed by atoms with Crippen molar-refractivity contribution in [1.29, 1.82) is 0 Å². The molecule has 1 aliphatic heterocycles. The number of anilines is 1. The fourth-order valence-corrected chi connectivity index (χ4v) is 1.96. The van der Waals surface area contributed by atoms with Crippen LogP contribution in [0.5, 0.6) is 0 Å². The Morgan fingerprint density at radius 3 is 2.83 bits per heavy atom.